The average Bonchev–Trinajstić information content (AvgIpc) is 3.02. The topological polar surface area (TPSA) is 30.2 Å². The van der Waals surface area contributed by atoms with Gasteiger partial charge in [0.1, 0.15) is 11.5 Å². The normalized spacial score (nSPS) is 16.5. The van der Waals surface area contributed by atoms with E-state index in [1.165, 1.54) is 43.4 Å². The summed E-state index contributed by atoms with van der Waals surface area (Å²) in [4.78, 5) is 9.99. The molecule has 3 nitrogen and oxygen atoms in total. The van der Waals surface area contributed by atoms with Gasteiger partial charge in [0.2, 0.25) is 0 Å². The maximum Gasteiger partial charge on any atom is 0.148 e. The van der Waals surface area contributed by atoms with E-state index in [4.69, 9.17) is 9.97 Å². The lowest BCUT2D eigenvalue weighted by molar-refractivity contribution is 0.427. The maximum atomic E-state index is 5.07. The molecule has 0 spiro atoms. The molecule has 0 atom stereocenters. The fourth-order valence-electron chi connectivity index (χ4n) is 4.01. The summed E-state index contributed by atoms with van der Waals surface area (Å²) in [6, 6.07) is 16.8. The molecule has 23 heavy (non-hydrogen) atoms. The Hall–Kier alpha value is -2.42. The van der Waals surface area contributed by atoms with Gasteiger partial charge in [-0.2, -0.15) is 0 Å². The van der Waals surface area contributed by atoms with E-state index in [0.717, 1.165) is 22.1 Å². The minimum atomic E-state index is 0.550. The quantitative estimate of drug-likeness (QED) is 0.490. The summed E-state index contributed by atoms with van der Waals surface area (Å²) in [7, 11) is 0. The largest absolute Gasteiger partial charge is 0.279 e. The second-order valence-electron chi connectivity index (χ2n) is 6.58. The molecule has 1 fully saturated rings. The Bertz CT molecular complexity index is 1010. The molecule has 0 radical (unpaired) electrons. The zero-order chi connectivity index (χ0) is 15.2. The standard InChI is InChI=1S/C20H19N3/c1-2-8-14(9-3-1)19-21-16-11-5-4-10-15(16)20-22-17-12-6-7-13-18(17)23(19)20/h4-7,10-14H,1-3,8-9H2. The van der Waals surface area contributed by atoms with E-state index in [0.29, 0.717) is 5.92 Å². The van der Waals surface area contributed by atoms with Crippen molar-refractivity contribution in [1.82, 2.24) is 14.4 Å². The molecule has 1 saturated carbocycles. The van der Waals surface area contributed by atoms with Crippen molar-refractivity contribution in [2.24, 2.45) is 0 Å². The van der Waals surface area contributed by atoms with Crippen molar-refractivity contribution in [3.05, 3.63) is 54.4 Å². The number of benzene rings is 2. The van der Waals surface area contributed by atoms with Gasteiger partial charge in [0.15, 0.2) is 0 Å². The summed E-state index contributed by atoms with van der Waals surface area (Å²) in [5.41, 5.74) is 4.36. The van der Waals surface area contributed by atoms with Gasteiger partial charge in [0.25, 0.3) is 0 Å². The lowest BCUT2D eigenvalue weighted by Gasteiger charge is -2.22. The van der Waals surface area contributed by atoms with Crippen LogP contribution in [-0.2, 0) is 0 Å². The van der Waals surface area contributed by atoms with Gasteiger partial charge >= 0.3 is 0 Å². The van der Waals surface area contributed by atoms with Crippen LogP contribution >= 0.6 is 0 Å². The number of hydrogen-bond acceptors (Lipinski definition) is 2. The minimum absolute atomic E-state index is 0.550. The molecule has 2 heterocycles. The molecular weight excluding hydrogens is 282 g/mol. The Morgan fingerprint density at radius 2 is 1.52 bits per heavy atom. The number of aromatic nitrogens is 3. The van der Waals surface area contributed by atoms with Crippen LogP contribution in [0.5, 0.6) is 0 Å². The molecule has 2 aromatic carbocycles. The molecule has 0 N–H and O–H groups in total. The number of para-hydroxylation sites is 3. The zero-order valence-electron chi connectivity index (χ0n) is 13.1. The van der Waals surface area contributed by atoms with Crippen LogP contribution in [0.15, 0.2) is 48.5 Å². The Morgan fingerprint density at radius 1 is 0.783 bits per heavy atom. The monoisotopic (exact) mass is 301 g/mol. The van der Waals surface area contributed by atoms with Crippen LogP contribution in [0.2, 0.25) is 0 Å². The Morgan fingerprint density at radius 3 is 2.39 bits per heavy atom. The van der Waals surface area contributed by atoms with Crippen molar-refractivity contribution >= 4 is 27.6 Å². The molecule has 0 unspecified atom stereocenters. The number of fused-ring (bicyclic) bond motifs is 5. The fourth-order valence-corrected chi connectivity index (χ4v) is 4.01. The molecule has 0 aliphatic heterocycles. The van der Waals surface area contributed by atoms with E-state index >= 15 is 0 Å². The molecule has 114 valence electrons. The van der Waals surface area contributed by atoms with E-state index in [2.05, 4.69) is 52.9 Å². The second-order valence-corrected chi connectivity index (χ2v) is 6.58. The van der Waals surface area contributed by atoms with Crippen LogP contribution in [0.4, 0.5) is 0 Å². The molecule has 0 bridgehead atoms. The van der Waals surface area contributed by atoms with Gasteiger partial charge in [0.05, 0.1) is 16.6 Å². The number of nitrogens with zero attached hydrogens (tertiary/aromatic N) is 3. The minimum Gasteiger partial charge on any atom is -0.279 e. The average molecular weight is 301 g/mol. The third-order valence-electron chi connectivity index (χ3n) is 5.14. The van der Waals surface area contributed by atoms with E-state index in [1.54, 1.807) is 0 Å². The van der Waals surface area contributed by atoms with Crippen LogP contribution in [0.1, 0.15) is 43.8 Å². The van der Waals surface area contributed by atoms with Crippen molar-refractivity contribution in [2.75, 3.05) is 0 Å². The van der Waals surface area contributed by atoms with E-state index in [1.807, 2.05) is 0 Å². The molecule has 0 amide bonds. The fraction of sp³-hybridized carbons (Fsp3) is 0.300. The molecule has 3 heteroatoms. The SMILES string of the molecule is c1ccc2c(c1)nc(C1CCCCC1)n1c3ccccc3nc21. The Balaban J connectivity index is 1.93. The smallest absolute Gasteiger partial charge is 0.148 e. The third-order valence-corrected chi connectivity index (χ3v) is 5.14. The molecule has 0 saturated heterocycles. The zero-order valence-corrected chi connectivity index (χ0v) is 13.1. The van der Waals surface area contributed by atoms with Gasteiger partial charge < -0.3 is 0 Å². The highest BCUT2D eigenvalue weighted by Gasteiger charge is 2.22. The van der Waals surface area contributed by atoms with Gasteiger partial charge in [-0.1, -0.05) is 43.5 Å². The van der Waals surface area contributed by atoms with Gasteiger partial charge in [-0.3, -0.25) is 4.40 Å². The maximum absolute atomic E-state index is 5.07. The van der Waals surface area contributed by atoms with Crippen LogP contribution in [-0.4, -0.2) is 14.4 Å². The first-order chi connectivity index (χ1) is 11.4. The van der Waals surface area contributed by atoms with Crippen molar-refractivity contribution in [3.8, 4) is 0 Å². The van der Waals surface area contributed by atoms with Gasteiger partial charge in [0, 0.05) is 11.3 Å². The molecule has 4 aromatic rings. The van der Waals surface area contributed by atoms with Crippen molar-refractivity contribution in [3.63, 3.8) is 0 Å². The van der Waals surface area contributed by atoms with Gasteiger partial charge in [-0.25, -0.2) is 9.97 Å². The summed E-state index contributed by atoms with van der Waals surface area (Å²) in [5, 5.41) is 1.14. The van der Waals surface area contributed by atoms with Crippen LogP contribution in [0, 0.1) is 0 Å². The lowest BCUT2D eigenvalue weighted by Crippen LogP contribution is -2.12. The summed E-state index contributed by atoms with van der Waals surface area (Å²) >= 11 is 0. The van der Waals surface area contributed by atoms with E-state index < -0.39 is 0 Å². The summed E-state index contributed by atoms with van der Waals surface area (Å²) < 4.78 is 2.31. The summed E-state index contributed by atoms with van der Waals surface area (Å²) in [5.74, 6) is 1.75. The number of hydrogen-bond donors (Lipinski definition) is 0. The number of imidazole rings is 1. The van der Waals surface area contributed by atoms with E-state index in [-0.39, 0.29) is 0 Å². The Kier molecular flexibility index (Phi) is 2.87. The lowest BCUT2D eigenvalue weighted by atomic mass is 9.88. The molecule has 1 aliphatic rings. The molecular formula is C20H19N3. The summed E-state index contributed by atoms with van der Waals surface area (Å²) in [6.45, 7) is 0. The van der Waals surface area contributed by atoms with Crippen molar-refractivity contribution in [1.29, 1.82) is 0 Å². The third kappa shape index (κ3) is 1.96. The summed E-state index contributed by atoms with van der Waals surface area (Å²) in [6.07, 6.45) is 6.47. The first-order valence-electron chi connectivity index (χ1n) is 8.58. The number of rotatable bonds is 1. The Labute approximate surface area is 135 Å². The predicted molar refractivity (Wildman–Crippen MR) is 93.8 cm³/mol. The highest BCUT2D eigenvalue weighted by atomic mass is 15.1. The highest BCUT2D eigenvalue weighted by molar-refractivity contribution is 5.96. The predicted octanol–water partition coefficient (Wildman–Crippen LogP) is 5.08. The first-order valence-corrected chi connectivity index (χ1v) is 8.58. The van der Waals surface area contributed by atoms with Gasteiger partial charge in [-0.15, -0.1) is 0 Å². The van der Waals surface area contributed by atoms with Crippen molar-refractivity contribution in [2.45, 2.75) is 38.0 Å². The highest BCUT2D eigenvalue weighted by Crippen LogP contribution is 2.35. The van der Waals surface area contributed by atoms with E-state index in [9.17, 15) is 0 Å². The second kappa shape index (κ2) is 5.05. The molecule has 2 aromatic heterocycles. The van der Waals surface area contributed by atoms with Crippen LogP contribution in [0.25, 0.3) is 27.6 Å². The first kappa shape index (κ1) is 13.1. The molecule has 5 rings (SSSR count). The van der Waals surface area contributed by atoms with Crippen LogP contribution < -0.4 is 0 Å². The van der Waals surface area contributed by atoms with Crippen LogP contribution in [0.3, 0.4) is 0 Å². The van der Waals surface area contributed by atoms with Gasteiger partial charge in [-0.05, 0) is 37.1 Å². The molecule has 1 aliphatic carbocycles. The van der Waals surface area contributed by atoms with Crippen molar-refractivity contribution < 1.29 is 0 Å².